The minimum absolute atomic E-state index is 0.923. The van der Waals surface area contributed by atoms with Crippen LogP contribution >= 0.6 is 0 Å². The van der Waals surface area contributed by atoms with Crippen LogP contribution in [0.2, 0.25) is 0 Å². The molecule has 0 fully saturated rings. The Hall–Kier alpha value is -3.27. The molecule has 0 bridgehead atoms. The fourth-order valence-corrected chi connectivity index (χ4v) is 3.51. The van der Waals surface area contributed by atoms with Crippen LogP contribution in [0.4, 0.5) is 17.2 Å². The molecule has 0 atom stereocenters. The molecule has 0 amide bonds. The first-order chi connectivity index (χ1) is 12.8. The van der Waals surface area contributed by atoms with E-state index in [0.29, 0.717) is 0 Å². The van der Waals surface area contributed by atoms with Crippen LogP contribution in [0.5, 0.6) is 0 Å². The third-order valence-corrected chi connectivity index (χ3v) is 4.89. The van der Waals surface area contributed by atoms with Crippen molar-refractivity contribution >= 4 is 35.5 Å². The molecule has 0 N–H and O–H groups in total. The van der Waals surface area contributed by atoms with Crippen molar-refractivity contribution in [3.63, 3.8) is 0 Å². The molecule has 0 saturated carbocycles. The molecule has 4 heteroatoms. The van der Waals surface area contributed by atoms with Crippen LogP contribution in [0.25, 0.3) is 21.9 Å². The van der Waals surface area contributed by atoms with Gasteiger partial charge in [-0.2, -0.15) is 0 Å². The summed E-state index contributed by atoms with van der Waals surface area (Å²) in [5.41, 5.74) is 4.65. The van der Waals surface area contributed by atoms with E-state index < -0.39 is 0 Å². The minimum atomic E-state index is 0.923. The topological polar surface area (TPSA) is 19.4 Å². The molecule has 1 aromatic heterocycles. The Morgan fingerprint density at radius 3 is 2.27 bits per heavy atom. The normalized spacial score (nSPS) is 13.0. The number of anilines is 3. The highest BCUT2D eigenvalue weighted by atomic mass is 15.3. The van der Waals surface area contributed by atoms with Crippen molar-refractivity contribution in [3.8, 4) is 11.1 Å². The fraction of sp³-hybridized carbons (Fsp3) is 0.0455. The molecule has 0 aliphatic carbocycles. The Kier molecular flexibility index (Phi) is 3.42. The van der Waals surface area contributed by atoms with Crippen molar-refractivity contribution in [2.45, 2.75) is 0 Å². The van der Waals surface area contributed by atoms with E-state index in [0.717, 1.165) is 17.1 Å². The molecule has 3 aromatic carbocycles. The number of fused-ring (bicyclic) bond motifs is 2. The van der Waals surface area contributed by atoms with Gasteiger partial charge in [0.1, 0.15) is 5.82 Å². The summed E-state index contributed by atoms with van der Waals surface area (Å²) in [5.74, 6) is 0.923. The number of para-hydroxylation sites is 2. The van der Waals surface area contributed by atoms with Gasteiger partial charge in [0.15, 0.2) is 0 Å². The van der Waals surface area contributed by atoms with Crippen LogP contribution < -0.4 is 9.62 Å². The molecule has 4 aromatic rings. The van der Waals surface area contributed by atoms with E-state index in [-0.39, 0.29) is 0 Å². The highest BCUT2D eigenvalue weighted by Crippen LogP contribution is 2.37. The van der Waals surface area contributed by atoms with Crippen molar-refractivity contribution in [1.82, 2.24) is 4.98 Å². The van der Waals surface area contributed by atoms with Crippen LogP contribution in [-0.2, 0) is 0 Å². The lowest BCUT2D eigenvalue weighted by atomic mass is 10.0. The monoisotopic (exact) mass is 334 g/mol. The van der Waals surface area contributed by atoms with Gasteiger partial charge in [-0.25, -0.2) is 4.98 Å². The number of aromatic nitrogens is 1. The largest absolute Gasteiger partial charge is 0.400 e. The zero-order chi connectivity index (χ0) is 17.5. The summed E-state index contributed by atoms with van der Waals surface area (Å²) in [5, 5.41) is 2.50. The van der Waals surface area contributed by atoms with E-state index in [1.54, 1.807) is 0 Å². The second-order valence-corrected chi connectivity index (χ2v) is 6.55. The SMILES string of the molecule is CN1[B]N(c2ccc(-c3ccc4ccccc4c3)cn2)c2ccccc21. The number of benzene rings is 3. The van der Waals surface area contributed by atoms with Gasteiger partial charge in [0.2, 0.25) is 0 Å². The molecule has 1 aliphatic rings. The van der Waals surface area contributed by atoms with Gasteiger partial charge in [-0.3, -0.25) is 0 Å². The molecule has 2 heterocycles. The number of rotatable bonds is 2. The predicted octanol–water partition coefficient (Wildman–Crippen LogP) is 5.02. The maximum absolute atomic E-state index is 4.72. The van der Waals surface area contributed by atoms with Gasteiger partial charge < -0.3 is 9.62 Å². The first-order valence-electron chi connectivity index (χ1n) is 8.71. The van der Waals surface area contributed by atoms with Gasteiger partial charge in [-0.05, 0) is 53.7 Å². The molecule has 0 spiro atoms. The summed E-state index contributed by atoms with van der Waals surface area (Å²) in [7, 11) is 4.13. The third-order valence-electron chi connectivity index (χ3n) is 4.89. The lowest BCUT2D eigenvalue weighted by molar-refractivity contribution is 1.25. The highest BCUT2D eigenvalue weighted by molar-refractivity contribution is 6.52. The number of hydrogen-bond donors (Lipinski definition) is 0. The third kappa shape index (κ3) is 2.42. The van der Waals surface area contributed by atoms with Gasteiger partial charge in [0.05, 0.1) is 5.69 Å². The molecule has 1 aliphatic heterocycles. The number of hydrogen-bond acceptors (Lipinski definition) is 3. The van der Waals surface area contributed by atoms with E-state index in [9.17, 15) is 0 Å². The van der Waals surface area contributed by atoms with Gasteiger partial charge in [-0.15, -0.1) is 0 Å². The van der Waals surface area contributed by atoms with Crippen molar-refractivity contribution in [1.29, 1.82) is 0 Å². The quantitative estimate of drug-likeness (QED) is 0.480. The van der Waals surface area contributed by atoms with Gasteiger partial charge in [-0.1, -0.05) is 48.5 Å². The number of nitrogens with zero attached hydrogens (tertiary/aromatic N) is 3. The maximum atomic E-state index is 4.72. The molecule has 3 nitrogen and oxygen atoms in total. The van der Waals surface area contributed by atoms with Crippen molar-refractivity contribution < 1.29 is 0 Å². The summed E-state index contributed by atoms with van der Waals surface area (Å²) in [6, 6.07) is 27.5. The smallest absolute Gasteiger partial charge is 0.397 e. The van der Waals surface area contributed by atoms with Crippen LogP contribution in [0.1, 0.15) is 0 Å². The first-order valence-corrected chi connectivity index (χ1v) is 8.71. The van der Waals surface area contributed by atoms with E-state index in [2.05, 4.69) is 103 Å². The van der Waals surface area contributed by atoms with Gasteiger partial charge >= 0.3 is 7.55 Å². The van der Waals surface area contributed by atoms with Crippen molar-refractivity contribution in [2.75, 3.05) is 16.7 Å². The zero-order valence-electron chi connectivity index (χ0n) is 14.5. The maximum Gasteiger partial charge on any atom is 0.397 e. The van der Waals surface area contributed by atoms with E-state index >= 15 is 0 Å². The average molecular weight is 334 g/mol. The summed E-state index contributed by atoms with van der Waals surface area (Å²) in [4.78, 5) is 8.96. The summed E-state index contributed by atoms with van der Waals surface area (Å²) < 4.78 is 0. The molecular formula is C22H17BN3. The minimum Gasteiger partial charge on any atom is -0.400 e. The van der Waals surface area contributed by atoms with E-state index in [1.807, 2.05) is 6.20 Å². The van der Waals surface area contributed by atoms with Crippen molar-refractivity contribution in [2.24, 2.45) is 0 Å². The standard InChI is InChI=1S/C22H17BN3/c1-25-20-8-4-5-9-21(20)26(23-25)22-13-12-19(15-24-22)18-11-10-16-6-2-3-7-17(16)14-18/h2-15H,1H3. The zero-order valence-corrected chi connectivity index (χ0v) is 14.5. The molecule has 5 rings (SSSR count). The Labute approximate surface area is 153 Å². The Morgan fingerprint density at radius 1 is 0.731 bits per heavy atom. The van der Waals surface area contributed by atoms with Crippen molar-refractivity contribution in [3.05, 3.63) is 85.1 Å². The molecule has 1 radical (unpaired) electrons. The van der Waals surface area contributed by atoms with Gasteiger partial charge in [0.25, 0.3) is 0 Å². The molecule has 0 saturated heterocycles. The lowest BCUT2D eigenvalue weighted by Crippen LogP contribution is -2.29. The van der Waals surface area contributed by atoms with Crippen LogP contribution in [0.15, 0.2) is 85.1 Å². The lowest BCUT2D eigenvalue weighted by Gasteiger charge is -2.17. The molecule has 26 heavy (non-hydrogen) atoms. The number of pyridine rings is 1. The second kappa shape index (κ2) is 5.92. The second-order valence-electron chi connectivity index (χ2n) is 6.55. The Balaban J connectivity index is 1.49. The molecular weight excluding hydrogens is 317 g/mol. The first kappa shape index (κ1) is 15.0. The van der Waals surface area contributed by atoms with Crippen LogP contribution in [-0.4, -0.2) is 19.6 Å². The molecule has 123 valence electrons. The molecule has 0 unspecified atom stereocenters. The van der Waals surface area contributed by atoms with Gasteiger partial charge in [0, 0.05) is 17.4 Å². The summed E-state index contributed by atoms with van der Waals surface area (Å²) >= 11 is 0. The van der Waals surface area contributed by atoms with E-state index in [4.69, 9.17) is 4.98 Å². The highest BCUT2D eigenvalue weighted by Gasteiger charge is 2.27. The fourth-order valence-electron chi connectivity index (χ4n) is 3.51. The summed E-state index contributed by atoms with van der Waals surface area (Å²) in [6.45, 7) is 0. The van der Waals surface area contributed by atoms with Crippen LogP contribution in [0.3, 0.4) is 0 Å². The van der Waals surface area contributed by atoms with Crippen LogP contribution in [0, 0.1) is 0 Å². The average Bonchev–Trinajstić information content (AvgIpc) is 3.05. The predicted molar refractivity (Wildman–Crippen MR) is 110 cm³/mol. The summed E-state index contributed by atoms with van der Waals surface area (Å²) in [6.07, 6.45) is 1.95. The Bertz CT molecular complexity index is 1090. The Morgan fingerprint density at radius 2 is 1.46 bits per heavy atom. The van der Waals surface area contributed by atoms with E-state index in [1.165, 1.54) is 22.0 Å².